The lowest BCUT2D eigenvalue weighted by Gasteiger charge is -2.11. The second-order valence-electron chi connectivity index (χ2n) is 8.94. The molecule has 2 amide bonds. The summed E-state index contributed by atoms with van der Waals surface area (Å²) in [6, 6.07) is 13.4. The number of benzene rings is 2. The highest BCUT2D eigenvalue weighted by atomic mass is 16.5. The molecule has 10 nitrogen and oxygen atoms in total. The standard InChI is InChI=1S/C29H32N6O4/c1-6-35-28(29(37)33-24-16-30-34(4)20(24)3)25(17-31-35)32-27(36)14-10-21-9-13-26(38-5)22(15-21)18-39-23-11-7-19(2)8-12-23/h7-17H,6,18H2,1-5H3,(H,32,36)(H,33,37)/b14-10+. The van der Waals surface area contributed by atoms with E-state index in [4.69, 9.17) is 9.47 Å². The van der Waals surface area contributed by atoms with Crippen LogP contribution in [0.15, 0.2) is 60.9 Å². The maximum absolute atomic E-state index is 13.1. The second-order valence-corrected chi connectivity index (χ2v) is 8.94. The van der Waals surface area contributed by atoms with Crippen LogP contribution in [0.4, 0.5) is 11.4 Å². The average molecular weight is 529 g/mol. The number of aryl methyl sites for hydroxylation is 3. The molecule has 0 radical (unpaired) electrons. The molecule has 0 spiro atoms. The van der Waals surface area contributed by atoms with E-state index >= 15 is 0 Å². The minimum Gasteiger partial charge on any atom is -0.496 e. The van der Waals surface area contributed by atoms with Gasteiger partial charge in [0.2, 0.25) is 5.91 Å². The number of carbonyl (C=O) groups excluding carboxylic acids is 2. The quantitative estimate of drug-likeness (QED) is 0.288. The van der Waals surface area contributed by atoms with Crippen molar-refractivity contribution in [2.75, 3.05) is 17.7 Å². The van der Waals surface area contributed by atoms with E-state index in [1.54, 1.807) is 31.1 Å². The van der Waals surface area contributed by atoms with Gasteiger partial charge in [-0.1, -0.05) is 23.8 Å². The van der Waals surface area contributed by atoms with E-state index in [1.807, 2.05) is 63.2 Å². The van der Waals surface area contributed by atoms with Crippen LogP contribution in [-0.2, 0) is 25.0 Å². The number of hydrogen-bond donors (Lipinski definition) is 2. The van der Waals surface area contributed by atoms with Crippen molar-refractivity contribution in [2.24, 2.45) is 7.05 Å². The summed E-state index contributed by atoms with van der Waals surface area (Å²) in [5.74, 6) is 0.660. The summed E-state index contributed by atoms with van der Waals surface area (Å²) >= 11 is 0. The molecule has 0 aliphatic rings. The van der Waals surface area contributed by atoms with E-state index < -0.39 is 11.8 Å². The van der Waals surface area contributed by atoms with Crippen molar-refractivity contribution >= 4 is 29.3 Å². The third-order valence-electron chi connectivity index (χ3n) is 6.24. The summed E-state index contributed by atoms with van der Waals surface area (Å²) < 4.78 is 14.6. The highest BCUT2D eigenvalue weighted by Gasteiger charge is 2.20. The van der Waals surface area contributed by atoms with Crippen molar-refractivity contribution in [1.82, 2.24) is 19.6 Å². The molecule has 0 unspecified atom stereocenters. The number of carbonyl (C=O) groups is 2. The molecule has 0 atom stereocenters. The molecule has 4 rings (SSSR count). The molecule has 2 N–H and O–H groups in total. The van der Waals surface area contributed by atoms with Crippen molar-refractivity contribution in [1.29, 1.82) is 0 Å². The number of ether oxygens (including phenoxy) is 2. The minimum absolute atomic E-state index is 0.252. The molecule has 202 valence electrons. The summed E-state index contributed by atoms with van der Waals surface area (Å²) in [6.45, 7) is 6.51. The topological polar surface area (TPSA) is 112 Å². The van der Waals surface area contributed by atoms with Crippen molar-refractivity contribution < 1.29 is 19.1 Å². The van der Waals surface area contributed by atoms with Gasteiger partial charge in [0, 0.05) is 25.2 Å². The third-order valence-corrected chi connectivity index (χ3v) is 6.24. The highest BCUT2D eigenvalue weighted by Crippen LogP contribution is 2.24. The fourth-order valence-electron chi connectivity index (χ4n) is 3.92. The van der Waals surface area contributed by atoms with Gasteiger partial charge in [-0.15, -0.1) is 0 Å². The van der Waals surface area contributed by atoms with E-state index in [0.717, 1.165) is 28.1 Å². The first kappa shape index (κ1) is 27.2. The van der Waals surface area contributed by atoms with Crippen LogP contribution in [0.3, 0.4) is 0 Å². The van der Waals surface area contributed by atoms with Crippen molar-refractivity contribution in [2.45, 2.75) is 33.9 Å². The Kier molecular flexibility index (Phi) is 8.45. The summed E-state index contributed by atoms with van der Waals surface area (Å²) in [5.41, 5.74) is 4.75. The van der Waals surface area contributed by atoms with Gasteiger partial charge in [0.25, 0.3) is 5.91 Å². The summed E-state index contributed by atoms with van der Waals surface area (Å²) in [6.07, 6.45) is 6.14. The normalized spacial score (nSPS) is 11.0. The molecule has 0 bridgehead atoms. The molecule has 2 aromatic carbocycles. The van der Waals surface area contributed by atoms with Crippen LogP contribution in [0.2, 0.25) is 0 Å². The fraction of sp³-hybridized carbons (Fsp3) is 0.241. The van der Waals surface area contributed by atoms with Gasteiger partial charge in [-0.3, -0.25) is 19.0 Å². The summed E-state index contributed by atoms with van der Waals surface area (Å²) in [5, 5.41) is 14.0. The Bertz CT molecular complexity index is 1500. The molecule has 0 saturated heterocycles. The van der Waals surface area contributed by atoms with Crippen LogP contribution in [0, 0.1) is 13.8 Å². The molecular weight excluding hydrogens is 496 g/mol. The summed E-state index contributed by atoms with van der Waals surface area (Å²) in [4.78, 5) is 25.9. The van der Waals surface area contributed by atoms with Crippen LogP contribution in [0.25, 0.3) is 6.08 Å². The number of amides is 2. The number of nitrogens with one attached hydrogen (secondary N) is 2. The second kappa shape index (κ2) is 12.1. The summed E-state index contributed by atoms with van der Waals surface area (Å²) in [7, 11) is 3.40. The monoisotopic (exact) mass is 528 g/mol. The van der Waals surface area contributed by atoms with Gasteiger partial charge < -0.3 is 20.1 Å². The molecule has 39 heavy (non-hydrogen) atoms. The largest absolute Gasteiger partial charge is 0.496 e. The average Bonchev–Trinajstić information content (AvgIpc) is 3.49. The van der Waals surface area contributed by atoms with Crippen molar-refractivity contribution in [3.63, 3.8) is 0 Å². The number of hydrogen-bond acceptors (Lipinski definition) is 6. The van der Waals surface area contributed by atoms with Crippen LogP contribution in [0.1, 0.15) is 39.8 Å². The zero-order valence-corrected chi connectivity index (χ0v) is 22.7. The molecule has 0 aliphatic carbocycles. The van der Waals surface area contributed by atoms with Gasteiger partial charge in [0.1, 0.15) is 23.8 Å². The Morgan fingerprint density at radius 1 is 1.00 bits per heavy atom. The van der Waals surface area contributed by atoms with Gasteiger partial charge >= 0.3 is 0 Å². The first-order valence-electron chi connectivity index (χ1n) is 12.5. The van der Waals surface area contributed by atoms with E-state index in [2.05, 4.69) is 20.8 Å². The Morgan fingerprint density at radius 2 is 1.74 bits per heavy atom. The van der Waals surface area contributed by atoms with E-state index in [1.165, 1.54) is 17.0 Å². The lowest BCUT2D eigenvalue weighted by molar-refractivity contribution is -0.111. The van der Waals surface area contributed by atoms with Gasteiger partial charge in [0.05, 0.1) is 36.6 Å². The Hall–Kier alpha value is -4.86. The van der Waals surface area contributed by atoms with Crippen molar-refractivity contribution in [3.8, 4) is 11.5 Å². The molecule has 4 aromatic rings. The molecule has 0 fully saturated rings. The number of rotatable bonds is 10. The van der Waals surface area contributed by atoms with Gasteiger partial charge in [-0.05, 0) is 56.7 Å². The molecule has 10 heteroatoms. The molecular formula is C29H32N6O4. The SMILES string of the molecule is CCn1ncc(NC(=O)/C=C/c2ccc(OC)c(COc3ccc(C)cc3)c2)c1C(=O)Nc1cnn(C)c1C. The van der Waals surface area contributed by atoms with Gasteiger partial charge in [0.15, 0.2) is 0 Å². The zero-order chi connectivity index (χ0) is 27.9. The lowest BCUT2D eigenvalue weighted by atomic mass is 10.1. The van der Waals surface area contributed by atoms with Crippen LogP contribution in [0.5, 0.6) is 11.5 Å². The smallest absolute Gasteiger partial charge is 0.276 e. The zero-order valence-electron chi connectivity index (χ0n) is 22.7. The van der Waals surface area contributed by atoms with Crippen molar-refractivity contribution in [3.05, 3.63) is 89.0 Å². The maximum atomic E-state index is 13.1. The number of anilines is 2. The number of nitrogens with zero attached hydrogens (tertiary/aromatic N) is 4. The molecule has 2 aromatic heterocycles. The van der Waals surface area contributed by atoms with Crippen LogP contribution >= 0.6 is 0 Å². The Balaban J connectivity index is 1.46. The van der Waals surface area contributed by atoms with E-state index in [0.29, 0.717) is 30.3 Å². The van der Waals surface area contributed by atoms with Crippen LogP contribution in [-0.4, -0.2) is 38.5 Å². The Morgan fingerprint density at radius 3 is 2.41 bits per heavy atom. The molecule has 2 heterocycles. The first-order valence-corrected chi connectivity index (χ1v) is 12.5. The first-order chi connectivity index (χ1) is 18.8. The van der Waals surface area contributed by atoms with E-state index in [9.17, 15) is 9.59 Å². The van der Waals surface area contributed by atoms with Gasteiger partial charge in [-0.2, -0.15) is 10.2 Å². The number of aromatic nitrogens is 4. The van der Waals surface area contributed by atoms with Gasteiger partial charge in [-0.25, -0.2) is 0 Å². The minimum atomic E-state index is -0.398. The maximum Gasteiger partial charge on any atom is 0.276 e. The predicted molar refractivity (Wildman–Crippen MR) is 150 cm³/mol. The fourth-order valence-corrected chi connectivity index (χ4v) is 3.92. The molecule has 0 saturated carbocycles. The molecule has 0 aliphatic heterocycles. The third kappa shape index (κ3) is 6.53. The Labute approximate surface area is 227 Å². The van der Waals surface area contributed by atoms with E-state index in [-0.39, 0.29) is 5.69 Å². The predicted octanol–water partition coefficient (Wildman–Crippen LogP) is 4.75. The number of methoxy groups -OCH3 is 1. The lowest BCUT2D eigenvalue weighted by Crippen LogP contribution is -2.20. The highest BCUT2D eigenvalue weighted by molar-refractivity contribution is 6.10. The van der Waals surface area contributed by atoms with Crippen LogP contribution < -0.4 is 20.1 Å².